The molecule has 0 N–H and O–H groups in total. The van der Waals surface area contributed by atoms with Crippen molar-refractivity contribution < 1.29 is 13.7 Å². The van der Waals surface area contributed by atoms with Crippen molar-refractivity contribution in [3.05, 3.63) is 41.2 Å². The number of rotatable bonds is 8. The zero-order chi connectivity index (χ0) is 17.7. The number of aromatic nitrogens is 1. The molecule has 1 atom stereocenters. The van der Waals surface area contributed by atoms with Gasteiger partial charge in [0.05, 0.1) is 6.04 Å². The third-order valence-corrected chi connectivity index (χ3v) is 4.50. The van der Waals surface area contributed by atoms with Gasteiger partial charge >= 0.3 is 0 Å². The Morgan fingerprint density at radius 2 is 2.00 bits per heavy atom. The van der Waals surface area contributed by atoms with Crippen molar-refractivity contribution in [1.29, 1.82) is 0 Å². The Morgan fingerprint density at radius 1 is 1.29 bits per heavy atom. The van der Waals surface area contributed by atoms with Gasteiger partial charge in [-0.15, -0.1) is 0 Å². The Kier molecular flexibility index (Phi) is 6.20. The van der Waals surface area contributed by atoms with Crippen molar-refractivity contribution in [3.63, 3.8) is 0 Å². The molecule has 0 spiro atoms. The lowest BCUT2D eigenvalue weighted by Gasteiger charge is -2.21. The largest absolute Gasteiger partial charge is 0.456 e. The van der Waals surface area contributed by atoms with Crippen molar-refractivity contribution in [2.24, 2.45) is 0 Å². The first-order chi connectivity index (χ1) is 11.5. The molecular formula is C18H27N3O3. The van der Waals surface area contributed by atoms with Crippen LogP contribution in [0.4, 0.5) is 0 Å². The Morgan fingerprint density at radius 3 is 2.54 bits per heavy atom. The monoisotopic (exact) mass is 333 g/mol. The van der Waals surface area contributed by atoms with E-state index in [4.69, 9.17) is 8.94 Å². The molecule has 0 radical (unpaired) electrons. The van der Waals surface area contributed by atoms with Crippen LogP contribution in [0.15, 0.2) is 27.3 Å². The van der Waals surface area contributed by atoms with Crippen molar-refractivity contribution in [1.82, 2.24) is 15.0 Å². The molecule has 2 aromatic heterocycles. The first-order valence-corrected chi connectivity index (χ1v) is 8.53. The molecule has 0 saturated carbocycles. The minimum atomic E-state index is -0.183. The predicted octanol–water partition coefficient (Wildman–Crippen LogP) is 3.51. The SMILES string of the molecule is CCc1oc(C(=O)N(C)C(C)c2ccon2)cc1CN(CC)CC. The summed E-state index contributed by atoms with van der Waals surface area (Å²) in [6.45, 7) is 11.0. The second-order valence-corrected chi connectivity index (χ2v) is 5.89. The van der Waals surface area contributed by atoms with Crippen molar-refractivity contribution in [2.45, 2.75) is 46.7 Å². The van der Waals surface area contributed by atoms with E-state index in [1.807, 2.05) is 19.9 Å². The number of nitrogens with zero attached hydrogens (tertiary/aromatic N) is 3. The number of carbonyl (C=O) groups excluding carboxylic acids is 1. The fourth-order valence-corrected chi connectivity index (χ4v) is 2.68. The van der Waals surface area contributed by atoms with Crippen LogP contribution in [0.1, 0.15) is 61.3 Å². The van der Waals surface area contributed by atoms with E-state index in [0.717, 1.165) is 43.1 Å². The summed E-state index contributed by atoms with van der Waals surface area (Å²) >= 11 is 0. The lowest BCUT2D eigenvalue weighted by Crippen LogP contribution is -2.29. The van der Waals surface area contributed by atoms with E-state index >= 15 is 0 Å². The smallest absolute Gasteiger partial charge is 0.289 e. The zero-order valence-corrected chi connectivity index (χ0v) is 15.2. The van der Waals surface area contributed by atoms with E-state index in [1.165, 1.54) is 6.26 Å². The van der Waals surface area contributed by atoms with Gasteiger partial charge in [0.2, 0.25) is 0 Å². The Bertz CT molecular complexity index is 645. The molecule has 1 amide bonds. The van der Waals surface area contributed by atoms with Gasteiger partial charge in [0.1, 0.15) is 17.7 Å². The van der Waals surface area contributed by atoms with Gasteiger partial charge in [0, 0.05) is 31.6 Å². The lowest BCUT2D eigenvalue weighted by atomic mass is 10.1. The quantitative estimate of drug-likeness (QED) is 0.740. The molecule has 2 rings (SSSR count). The van der Waals surface area contributed by atoms with E-state index in [9.17, 15) is 4.79 Å². The summed E-state index contributed by atoms with van der Waals surface area (Å²) in [7, 11) is 1.75. The van der Waals surface area contributed by atoms with E-state index < -0.39 is 0 Å². The van der Waals surface area contributed by atoms with Crippen LogP contribution >= 0.6 is 0 Å². The summed E-state index contributed by atoms with van der Waals surface area (Å²) in [6, 6.07) is 3.46. The predicted molar refractivity (Wildman–Crippen MR) is 91.7 cm³/mol. The highest BCUT2D eigenvalue weighted by molar-refractivity contribution is 5.91. The molecule has 1 unspecified atom stereocenters. The summed E-state index contributed by atoms with van der Waals surface area (Å²) in [4.78, 5) is 16.7. The summed E-state index contributed by atoms with van der Waals surface area (Å²) in [5.41, 5.74) is 1.81. The Labute approximate surface area is 143 Å². The third-order valence-electron chi connectivity index (χ3n) is 4.50. The van der Waals surface area contributed by atoms with Crippen LogP contribution in [-0.4, -0.2) is 41.0 Å². The molecule has 0 aliphatic heterocycles. The van der Waals surface area contributed by atoms with Crippen molar-refractivity contribution in [3.8, 4) is 0 Å². The molecule has 0 saturated heterocycles. The minimum absolute atomic E-state index is 0.147. The van der Waals surface area contributed by atoms with E-state index in [1.54, 1.807) is 18.0 Å². The van der Waals surface area contributed by atoms with E-state index in [-0.39, 0.29) is 11.9 Å². The number of furan rings is 1. The van der Waals surface area contributed by atoms with Gasteiger partial charge in [0.15, 0.2) is 5.76 Å². The molecule has 0 bridgehead atoms. The van der Waals surface area contributed by atoms with Crippen molar-refractivity contribution >= 4 is 5.91 Å². The molecule has 0 aromatic carbocycles. The molecule has 2 heterocycles. The molecule has 2 aromatic rings. The van der Waals surface area contributed by atoms with Gasteiger partial charge in [0.25, 0.3) is 5.91 Å². The average Bonchev–Trinajstić information content (AvgIpc) is 3.27. The maximum absolute atomic E-state index is 12.7. The van der Waals surface area contributed by atoms with Gasteiger partial charge in [-0.25, -0.2) is 0 Å². The second-order valence-electron chi connectivity index (χ2n) is 5.89. The van der Waals surface area contributed by atoms with E-state index in [0.29, 0.717) is 5.76 Å². The molecule has 0 fully saturated rings. The van der Waals surface area contributed by atoms with Gasteiger partial charge in [-0.05, 0) is 26.1 Å². The van der Waals surface area contributed by atoms with E-state index in [2.05, 4.69) is 23.9 Å². The fourth-order valence-electron chi connectivity index (χ4n) is 2.68. The Hall–Kier alpha value is -2.08. The lowest BCUT2D eigenvalue weighted by molar-refractivity contribution is 0.0703. The highest BCUT2D eigenvalue weighted by Crippen LogP contribution is 2.23. The van der Waals surface area contributed by atoms with Gasteiger partial charge < -0.3 is 13.8 Å². The number of hydrogen-bond donors (Lipinski definition) is 0. The van der Waals surface area contributed by atoms with Crippen LogP contribution in [0.25, 0.3) is 0 Å². The molecular weight excluding hydrogens is 306 g/mol. The summed E-state index contributed by atoms with van der Waals surface area (Å²) in [5.74, 6) is 1.12. The number of aryl methyl sites for hydroxylation is 1. The van der Waals surface area contributed by atoms with Crippen LogP contribution < -0.4 is 0 Å². The highest BCUT2D eigenvalue weighted by atomic mass is 16.5. The van der Waals surface area contributed by atoms with Crippen LogP contribution in [-0.2, 0) is 13.0 Å². The van der Waals surface area contributed by atoms with Crippen LogP contribution in [0.3, 0.4) is 0 Å². The topological polar surface area (TPSA) is 62.7 Å². The first kappa shape index (κ1) is 18.3. The first-order valence-electron chi connectivity index (χ1n) is 8.53. The van der Waals surface area contributed by atoms with Gasteiger partial charge in [-0.1, -0.05) is 25.9 Å². The Balaban J connectivity index is 2.18. The highest BCUT2D eigenvalue weighted by Gasteiger charge is 2.25. The maximum Gasteiger partial charge on any atom is 0.289 e. The minimum Gasteiger partial charge on any atom is -0.456 e. The van der Waals surface area contributed by atoms with Crippen LogP contribution in [0.2, 0.25) is 0 Å². The summed E-state index contributed by atoms with van der Waals surface area (Å²) < 4.78 is 10.7. The number of amides is 1. The van der Waals surface area contributed by atoms with Crippen LogP contribution in [0, 0.1) is 0 Å². The molecule has 0 aliphatic rings. The maximum atomic E-state index is 12.7. The molecule has 132 valence electrons. The third kappa shape index (κ3) is 3.87. The molecule has 6 nitrogen and oxygen atoms in total. The molecule has 24 heavy (non-hydrogen) atoms. The molecule has 6 heteroatoms. The average molecular weight is 333 g/mol. The standard InChI is InChI=1S/C18H27N3O3/c1-6-16-14(12-21(7-2)8-3)11-17(24-16)18(22)20(5)13(4)15-9-10-23-19-15/h9-11,13H,6-8,12H2,1-5H3. The summed E-state index contributed by atoms with van der Waals surface area (Å²) in [6.07, 6.45) is 2.28. The molecule has 0 aliphatic carbocycles. The fraction of sp³-hybridized carbons (Fsp3) is 0.556. The van der Waals surface area contributed by atoms with Crippen molar-refractivity contribution in [2.75, 3.05) is 20.1 Å². The normalized spacial score (nSPS) is 12.6. The second kappa shape index (κ2) is 8.15. The summed E-state index contributed by atoms with van der Waals surface area (Å²) in [5, 5.41) is 3.91. The number of carbonyl (C=O) groups is 1. The van der Waals surface area contributed by atoms with Crippen LogP contribution in [0.5, 0.6) is 0 Å². The number of hydrogen-bond acceptors (Lipinski definition) is 5. The van der Waals surface area contributed by atoms with Gasteiger partial charge in [-0.3, -0.25) is 9.69 Å². The van der Waals surface area contributed by atoms with Gasteiger partial charge in [-0.2, -0.15) is 0 Å². The zero-order valence-electron chi connectivity index (χ0n) is 15.2.